The second-order valence-electron chi connectivity index (χ2n) is 5.54. The Hall–Kier alpha value is -1.91. The molecule has 0 amide bonds. The van der Waals surface area contributed by atoms with Crippen molar-refractivity contribution < 1.29 is 4.74 Å². The summed E-state index contributed by atoms with van der Waals surface area (Å²) in [6, 6.07) is 14.5. The Kier molecular flexibility index (Phi) is 5.03. The highest BCUT2D eigenvalue weighted by Gasteiger charge is 2.26. The zero-order valence-electron chi connectivity index (χ0n) is 13.0. The number of nitrogens with zero attached hydrogens (tertiary/aromatic N) is 2. The molecule has 0 spiro atoms. The van der Waals surface area contributed by atoms with Gasteiger partial charge < -0.3 is 10.1 Å². The number of benzene rings is 1. The zero-order chi connectivity index (χ0) is 15.2. The number of ether oxygens (including phenoxy) is 1. The molecule has 2 aromatic rings. The topological polar surface area (TPSA) is 37.4 Å². The van der Waals surface area contributed by atoms with E-state index in [0.717, 1.165) is 44.0 Å². The third-order valence-electron chi connectivity index (χ3n) is 4.14. The molecule has 0 radical (unpaired) electrons. The van der Waals surface area contributed by atoms with Crippen LogP contribution in [-0.4, -0.2) is 43.2 Å². The summed E-state index contributed by atoms with van der Waals surface area (Å²) < 4.78 is 5.60. The predicted octanol–water partition coefficient (Wildman–Crippen LogP) is 2.47. The van der Waals surface area contributed by atoms with Crippen LogP contribution >= 0.6 is 0 Å². The number of nitrogens with one attached hydrogen (secondary N) is 1. The minimum Gasteiger partial charge on any atom is -0.496 e. The van der Waals surface area contributed by atoms with E-state index in [9.17, 15) is 0 Å². The normalized spacial score (nSPS) is 17.7. The van der Waals surface area contributed by atoms with Gasteiger partial charge in [0.15, 0.2) is 0 Å². The lowest BCUT2D eigenvalue weighted by Crippen LogP contribution is -2.33. The van der Waals surface area contributed by atoms with Gasteiger partial charge in [-0.1, -0.05) is 24.3 Å². The highest BCUT2D eigenvalue weighted by Crippen LogP contribution is 2.33. The molecule has 116 valence electrons. The number of rotatable bonds is 4. The molecular formula is C18H23N3O. The fourth-order valence-electron chi connectivity index (χ4n) is 3.10. The van der Waals surface area contributed by atoms with Crippen LogP contribution in [0.15, 0.2) is 48.7 Å². The summed E-state index contributed by atoms with van der Waals surface area (Å²) in [7, 11) is 1.73. The number of hydrogen-bond donors (Lipinski definition) is 1. The van der Waals surface area contributed by atoms with E-state index >= 15 is 0 Å². The minimum atomic E-state index is 0.136. The van der Waals surface area contributed by atoms with Crippen molar-refractivity contribution in [1.82, 2.24) is 15.2 Å². The molecule has 0 bridgehead atoms. The number of methoxy groups -OCH3 is 1. The lowest BCUT2D eigenvalue weighted by Gasteiger charge is -2.31. The largest absolute Gasteiger partial charge is 0.496 e. The van der Waals surface area contributed by atoms with Crippen LogP contribution in [0.25, 0.3) is 0 Å². The second-order valence-corrected chi connectivity index (χ2v) is 5.54. The van der Waals surface area contributed by atoms with E-state index < -0.39 is 0 Å². The van der Waals surface area contributed by atoms with E-state index in [-0.39, 0.29) is 6.04 Å². The molecule has 0 aliphatic carbocycles. The molecule has 1 aromatic carbocycles. The van der Waals surface area contributed by atoms with E-state index in [0.29, 0.717) is 0 Å². The first-order chi connectivity index (χ1) is 10.9. The average Bonchev–Trinajstić information content (AvgIpc) is 2.86. The third kappa shape index (κ3) is 3.29. The van der Waals surface area contributed by atoms with Gasteiger partial charge in [-0.3, -0.25) is 9.88 Å². The minimum absolute atomic E-state index is 0.136. The van der Waals surface area contributed by atoms with Gasteiger partial charge in [0.2, 0.25) is 0 Å². The second kappa shape index (κ2) is 7.38. The molecule has 1 N–H and O–H groups in total. The Balaban J connectivity index is 2.02. The molecule has 1 aromatic heterocycles. The van der Waals surface area contributed by atoms with Gasteiger partial charge in [0, 0.05) is 31.4 Å². The predicted molar refractivity (Wildman–Crippen MR) is 88.1 cm³/mol. The lowest BCUT2D eigenvalue weighted by molar-refractivity contribution is 0.232. The van der Waals surface area contributed by atoms with Crippen LogP contribution in [0.1, 0.15) is 23.7 Å². The van der Waals surface area contributed by atoms with Crippen LogP contribution in [0.2, 0.25) is 0 Å². The molecule has 1 unspecified atom stereocenters. The summed E-state index contributed by atoms with van der Waals surface area (Å²) in [6.07, 6.45) is 3.02. The van der Waals surface area contributed by atoms with Crippen LogP contribution in [0.5, 0.6) is 5.75 Å². The Morgan fingerprint density at radius 3 is 2.77 bits per heavy atom. The molecule has 2 heterocycles. The molecule has 1 aliphatic heterocycles. The highest BCUT2D eigenvalue weighted by molar-refractivity contribution is 5.40. The van der Waals surface area contributed by atoms with Crippen molar-refractivity contribution in [3.8, 4) is 5.75 Å². The fourth-order valence-corrected chi connectivity index (χ4v) is 3.10. The summed E-state index contributed by atoms with van der Waals surface area (Å²) in [5.41, 5.74) is 2.26. The first-order valence-electron chi connectivity index (χ1n) is 7.89. The van der Waals surface area contributed by atoms with Crippen molar-refractivity contribution in [3.63, 3.8) is 0 Å². The van der Waals surface area contributed by atoms with E-state index in [2.05, 4.69) is 39.5 Å². The van der Waals surface area contributed by atoms with Crippen molar-refractivity contribution in [3.05, 3.63) is 59.9 Å². The summed E-state index contributed by atoms with van der Waals surface area (Å²) >= 11 is 0. The summed E-state index contributed by atoms with van der Waals surface area (Å²) in [6.45, 7) is 4.17. The van der Waals surface area contributed by atoms with Crippen molar-refractivity contribution >= 4 is 0 Å². The maximum atomic E-state index is 5.60. The van der Waals surface area contributed by atoms with E-state index in [4.69, 9.17) is 4.74 Å². The summed E-state index contributed by atoms with van der Waals surface area (Å²) in [5.74, 6) is 0.926. The number of hydrogen-bond acceptors (Lipinski definition) is 4. The molecule has 1 fully saturated rings. The average molecular weight is 297 g/mol. The fraction of sp³-hybridized carbons (Fsp3) is 0.389. The maximum absolute atomic E-state index is 5.60. The number of pyridine rings is 1. The first-order valence-corrected chi connectivity index (χ1v) is 7.89. The van der Waals surface area contributed by atoms with E-state index in [1.165, 1.54) is 5.56 Å². The van der Waals surface area contributed by atoms with Gasteiger partial charge >= 0.3 is 0 Å². The maximum Gasteiger partial charge on any atom is 0.124 e. The van der Waals surface area contributed by atoms with Gasteiger partial charge in [0.1, 0.15) is 5.75 Å². The summed E-state index contributed by atoms with van der Waals surface area (Å²) in [4.78, 5) is 7.12. The molecule has 1 atom stereocenters. The van der Waals surface area contributed by atoms with Crippen LogP contribution in [0.3, 0.4) is 0 Å². The standard InChI is InChI=1S/C18H23N3O/c1-22-17-9-3-2-7-15(17)18(16-8-4-5-11-20-16)21-13-6-10-19-12-14-21/h2-5,7-9,11,18-19H,6,10,12-14H2,1H3. The Labute approximate surface area is 132 Å². The van der Waals surface area contributed by atoms with Crippen LogP contribution in [-0.2, 0) is 0 Å². The molecule has 1 saturated heterocycles. The van der Waals surface area contributed by atoms with Crippen LogP contribution < -0.4 is 10.1 Å². The molecule has 22 heavy (non-hydrogen) atoms. The van der Waals surface area contributed by atoms with Gasteiger partial charge in [-0.05, 0) is 31.2 Å². The molecule has 1 aliphatic rings. The number of aromatic nitrogens is 1. The van der Waals surface area contributed by atoms with Gasteiger partial charge in [-0.15, -0.1) is 0 Å². The van der Waals surface area contributed by atoms with E-state index in [1.807, 2.05) is 24.4 Å². The monoisotopic (exact) mass is 297 g/mol. The van der Waals surface area contributed by atoms with Gasteiger partial charge in [0.05, 0.1) is 18.8 Å². The Bertz CT molecular complexity index is 580. The van der Waals surface area contributed by atoms with Gasteiger partial charge in [-0.2, -0.15) is 0 Å². The SMILES string of the molecule is COc1ccccc1C(c1ccccn1)N1CCCNCC1. The van der Waals surface area contributed by atoms with Crippen molar-refractivity contribution in [2.75, 3.05) is 33.3 Å². The smallest absolute Gasteiger partial charge is 0.124 e. The quantitative estimate of drug-likeness (QED) is 0.941. The summed E-state index contributed by atoms with van der Waals surface area (Å²) in [5, 5.41) is 3.47. The molecular weight excluding hydrogens is 274 g/mol. The third-order valence-corrected chi connectivity index (χ3v) is 4.14. The Morgan fingerprint density at radius 1 is 1.09 bits per heavy atom. The van der Waals surface area contributed by atoms with E-state index in [1.54, 1.807) is 7.11 Å². The van der Waals surface area contributed by atoms with Crippen molar-refractivity contribution in [2.24, 2.45) is 0 Å². The van der Waals surface area contributed by atoms with Crippen LogP contribution in [0.4, 0.5) is 0 Å². The Morgan fingerprint density at radius 2 is 1.95 bits per heavy atom. The molecule has 4 nitrogen and oxygen atoms in total. The molecule has 3 rings (SSSR count). The zero-order valence-corrected chi connectivity index (χ0v) is 13.0. The molecule has 0 saturated carbocycles. The lowest BCUT2D eigenvalue weighted by atomic mass is 9.99. The first kappa shape index (κ1) is 15.0. The van der Waals surface area contributed by atoms with Gasteiger partial charge in [-0.25, -0.2) is 0 Å². The van der Waals surface area contributed by atoms with Gasteiger partial charge in [0.25, 0.3) is 0 Å². The number of para-hydroxylation sites is 1. The van der Waals surface area contributed by atoms with Crippen molar-refractivity contribution in [2.45, 2.75) is 12.5 Å². The highest BCUT2D eigenvalue weighted by atomic mass is 16.5. The molecule has 4 heteroatoms. The van der Waals surface area contributed by atoms with Crippen LogP contribution in [0, 0.1) is 0 Å². The van der Waals surface area contributed by atoms with Crippen molar-refractivity contribution in [1.29, 1.82) is 0 Å².